The summed E-state index contributed by atoms with van der Waals surface area (Å²) >= 11 is 3.36. The second-order valence-electron chi connectivity index (χ2n) is 7.49. The highest BCUT2D eigenvalue weighted by Crippen LogP contribution is 2.39. The maximum absolute atomic E-state index is 13.6. The number of fused-ring (bicyclic) bond motifs is 2. The van der Waals surface area contributed by atoms with Crippen molar-refractivity contribution in [1.82, 2.24) is 14.0 Å². The third kappa shape index (κ3) is 3.26. The van der Waals surface area contributed by atoms with Crippen LogP contribution in [-0.4, -0.2) is 26.5 Å². The van der Waals surface area contributed by atoms with Crippen LogP contribution in [0, 0.1) is 0 Å². The zero-order chi connectivity index (χ0) is 21.5. The third-order valence-electron chi connectivity index (χ3n) is 5.84. The summed E-state index contributed by atoms with van der Waals surface area (Å²) < 4.78 is 2.64. The highest BCUT2D eigenvalue weighted by atomic mass is 32.1. The van der Waals surface area contributed by atoms with Crippen molar-refractivity contribution < 1.29 is 4.79 Å². The predicted octanol–water partition coefficient (Wildman–Crippen LogP) is 3.48. The molecule has 1 amide bonds. The number of carbonyl (C=O) groups excluding carboxylic acids is 1. The third-order valence-corrected chi connectivity index (χ3v) is 7.76. The van der Waals surface area contributed by atoms with Gasteiger partial charge in [-0.25, -0.2) is 4.79 Å². The summed E-state index contributed by atoms with van der Waals surface area (Å²) in [4.78, 5) is 43.6. The highest BCUT2D eigenvalue weighted by Gasteiger charge is 2.33. The molecule has 0 saturated heterocycles. The van der Waals surface area contributed by atoms with Crippen LogP contribution in [0.15, 0.2) is 62.8 Å². The van der Waals surface area contributed by atoms with E-state index in [0.717, 1.165) is 11.3 Å². The van der Waals surface area contributed by atoms with Gasteiger partial charge in [-0.3, -0.25) is 18.7 Å². The van der Waals surface area contributed by atoms with Crippen LogP contribution in [-0.2, 0) is 24.3 Å². The Balaban J connectivity index is 1.59. The van der Waals surface area contributed by atoms with Crippen molar-refractivity contribution in [2.45, 2.75) is 32.5 Å². The quantitative estimate of drug-likeness (QED) is 0.477. The molecule has 0 aliphatic carbocycles. The van der Waals surface area contributed by atoms with Crippen LogP contribution in [0.1, 0.15) is 28.3 Å². The van der Waals surface area contributed by atoms with Crippen molar-refractivity contribution in [3.63, 3.8) is 0 Å². The van der Waals surface area contributed by atoms with Crippen LogP contribution in [0.5, 0.6) is 0 Å². The van der Waals surface area contributed by atoms with Crippen LogP contribution in [0.4, 0.5) is 0 Å². The zero-order valence-electron chi connectivity index (χ0n) is 17.0. The largest absolute Gasteiger partial charge is 0.331 e. The molecule has 5 rings (SSSR count). The number of benzene rings is 1. The minimum Gasteiger partial charge on any atom is -0.329 e. The van der Waals surface area contributed by atoms with E-state index in [1.165, 1.54) is 19.6 Å². The molecule has 0 spiro atoms. The van der Waals surface area contributed by atoms with Gasteiger partial charge in [0.15, 0.2) is 0 Å². The zero-order valence-corrected chi connectivity index (χ0v) is 18.6. The Hall–Kier alpha value is -2.97. The monoisotopic (exact) mass is 451 g/mol. The summed E-state index contributed by atoms with van der Waals surface area (Å²) in [6.07, 6.45) is 0.810. The number of aromatic nitrogens is 2. The van der Waals surface area contributed by atoms with Gasteiger partial charge in [-0.05, 0) is 53.9 Å². The summed E-state index contributed by atoms with van der Waals surface area (Å²) in [7, 11) is 0. The van der Waals surface area contributed by atoms with Gasteiger partial charge in [0.25, 0.3) is 5.56 Å². The number of rotatable bonds is 4. The molecule has 0 fully saturated rings. The Labute approximate surface area is 186 Å². The number of hydrogen-bond donors (Lipinski definition) is 0. The lowest BCUT2D eigenvalue weighted by molar-refractivity contribution is -0.133. The van der Waals surface area contributed by atoms with Crippen LogP contribution < -0.4 is 11.2 Å². The number of thiophene rings is 2. The predicted molar refractivity (Wildman–Crippen MR) is 124 cm³/mol. The molecule has 0 unspecified atom stereocenters. The van der Waals surface area contributed by atoms with Crippen LogP contribution in [0.25, 0.3) is 10.9 Å². The number of hydrogen-bond acceptors (Lipinski definition) is 5. The first-order chi connectivity index (χ1) is 15.1. The normalized spacial score (nSPS) is 15.9. The molecule has 1 aliphatic rings. The molecule has 1 aromatic carbocycles. The molecule has 1 atom stereocenters. The molecule has 31 heavy (non-hydrogen) atoms. The molecular formula is C23H21N3O3S2. The van der Waals surface area contributed by atoms with Crippen molar-refractivity contribution in [3.8, 4) is 0 Å². The van der Waals surface area contributed by atoms with Gasteiger partial charge in [-0.1, -0.05) is 18.2 Å². The summed E-state index contributed by atoms with van der Waals surface area (Å²) in [6, 6.07) is 13.0. The van der Waals surface area contributed by atoms with Gasteiger partial charge in [-0.15, -0.1) is 22.7 Å². The van der Waals surface area contributed by atoms with E-state index in [2.05, 4.69) is 17.5 Å². The number of nitrogens with zero attached hydrogens (tertiary/aromatic N) is 3. The molecule has 0 bridgehead atoms. The van der Waals surface area contributed by atoms with Crippen molar-refractivity contribution in [2.75, 3.05) is 6.54 Å². The van der Waals surface area contributed by atoms with Crippen LogP contribution >= 0.6 is 22.7 Å². The lowest BCUT2D eigenvalue weighted by Crippen LogP contribution is -2.45. The van der Waals surface area contributed by atoms with Gasteiger partial charge in [0.1, 0.15) is 6.54 Å². The van der Waals surface area contributed by atoms with Gasteiger partial charge in [0.05, 0.1) is 16.9 Å². The lowest BCUT2D eigenvalue weighted by Gasteiger charge is -2.35. The van der Waals surface area contributed by atoms with Crippen molar-refractivity contribution >= 4 is 39.5 Å². The van der Waals surface area contributed by atoms with Crippen molar-refractivity contribution in [2.24, 2.45) is 0 Å². The fraction of sp³-hybridized carbons (Fsp3) is 0.261. The highest BCUT2D eigenvalue weighted by molar-refractivity contribution is 7.10. The number of carbonyl (C=O) groups is 1. The van der Waals surface area contributed by atoms with Gasteiger partial charge >= 0.3 is 5.69 Å². The SMILES string of the molecule is CCn1c(=O)c2ccccc2n(CC(=O)N2CCc3sccc3[C@@H]2c2cccs2)c1=O. The molecule has 1 aliphatic heterocycles. The lowest BCUT2D eigenvalue weighted by atomic mass is 9.98. The maximum atomic E-state index is 13.6. The molecule has 0 radical (unpaired) electrons. The summed E-state index contributed by atoms with van der Waals surface area (Å²) in [5.41, 5.74) is 0.906. The number of amides is 1. The molecule has 0 N–H and O–H groups in total. The first kappa shape index (κ1) is 20.0. The Morgan fingerprint density at radius 2 is 1.87 bits per heavy atom. The van der Waals surface area contributed by atoms with Crippen LogP contribution in [0.2, 0.25) is 0 Å². The standard InChI is InChI=1S/C23H21N3O3S2/c1-2-24-22(28)15-6-3-4-7-17(15)26(23(24)29)14-20(27)25-11-9-18-16(10-13-31-18)21(25)19-8-5-12-30-19/h3-8,10,12-13,21H,2,9,11,14H2,1H3/t21-/m1/s1. The molecule has 0 saturated carbocycles. The second-order valence-corrected chi connectivity index (χ2v) is 9.47. The van der Waals surface area contributed by atoms with Gasteiger partial charge < -0.3 is 4.90 Å². The van der Waals surface area contributed by atoms with E-state index in [1.807, 2.05) is 16.3 Å². The molecule has 8 heteroatoms. The van der Waals surface area contributed by atoms with E-state index in [-0.39, 0.29) is 30.6 Å². The first-order valence-electron chi connectivity index (χ1n) is 10.2. The molecule has 158 valence electrons. The summed E-state index contributed by atoms with van der Waals surface area (Å²) in [5.74, 6) is -0.121. The Morgan fingerprint density at radius 3 is 2.65 bits per heavy atom. The van der Waals surface area contributed by atoms with Crippen molar-refractivity contribution in [1.29, 1.82) is 0 Å². The fourth-order valence-corrected chi connectivity index (χ4v) is 6.13. The topological polar surface area (TPSA) is 64.3 Å². The Bertz CT molecular complexity index is 1380. The van der Waals surface area contributed by atoms with Crippen molar-refractivity contribution in [3.05, 3.63) is 89.4 Å². The summed E-state index contributed by atoms with van der Waals surface area (Å²) in [5, 5.41) is 4.55. The number of para-hydroxylation sites is 1. The van der Waals surface area contributed by atoms with E-state index >= 15 is 0 Å². The van der Waals surface area contributed by atoms with Crippen LogP contribution in [0.3, 0.4) is 0 Å². The molecule has 6 nitrogen and oxygen atoms in total. The molecule has 4 heterocycles. The Kier molecular flexibility index (Phi) is 5.11. The second kappa shape index (κ2) is 7.94. The van der Waals surface area contributed by atoms with E-state index in [1.54, 1.807) is 53.9 Å². The molecule has 4 aromatic rings. The maximum Gasteiger partial charge on any atom is 0.331 e. The Morgan fingerprint density at radius 1 is 1.03 bits per heavy atom. The van der Waals surface area contributed by atoms with Gasteiger partial charge in [0.2, 0.25) is 5.91 Å². The van der Waals surface area contributed by atoms with E-state index < -0.39 is 5.69 Å². The van der Waals surface area contributed by atoms with E-state index in [4.69, 9.17) is 0 Å². The average molecular weight is 452 g/mol. The fourth-order valence-electron chi connectivity index (χ4n) is 4.37. The van der Waals surface area contributed by atoms with E-state index in [0.29, 0.717) is 17.4 Å². The molecule has 3 aromatic heterocycles. The minimum atomic E-state index is -0.444. The summed E-state index contributed by atoms with van der Waals surface area (Å²) in [6.45, 7) is 2.53. The smallest absolute Gasteiger partial charge is 0.329 e. The minimum absolute atomic E-state index is 0.0963. The van der Waals surface area contributed by atoms with Gasteiger partial charge in [-0.2, -0.15) is 0 Å². The first-order valence-corrected chi connectivity index (χ1v) is 12.0. The molecular weight excluding hydrogens is 430 g/mol. The van der Waals surface area contributed by atoms with Gasteiger partial charge in [0, 0.05) is 22.8 Å². The average Bonchev–Trinajstić information content (AvgIpc) is 3.48. The van der Waals surface area contributed by atoms with E-state index in [9.17, 15) is 14.4 Å².